The number of likely N-dealkylation sites (tertiary alicyclic amines) is 1. The van der Waals surface area contributed by atoms with Crippen molar-refractivity contribution >= 4 is 5.91 Å². The smallest absolute Gasteiger partial charge is 0.267 e. The molecule has 0 atom stereocenters. The zero-order valence-corrected chi connectivity index (χ0v) is 17.0. The molecule has 1 aliphatic heterocycles. The molecule has 29 heavy (non-hydrogen) atoms. The van der Waals surface area contributed by atoms with E-state index < -0.39 is 0 Å². The topological polar surface area (TPSA) is 73.7 Å². The third-order valence-electron chi connectivity index (χ3n) is 5.96. The highest BCUT2D eigenvalue weighted by atomic mass is 16.5. The number of hydrogen-bond donors (Lipinski definition) is 0. The van der Waals surface area contributed by atoms with E-state index in [4.69, 9.17) is 9.47 Å². The number of aryl methyl sites for hydroxylation is 2. The van der Waals surface area contributed by atoms with Gasteiger partial charge in [-0.25, -0.2) is 4.68 Å². The fourth-order valence-corrected chi connectivity index (χ4v) is 4.25. The molecule has 1 amide bonds. The molecule has 0 N–H and O–H groups in total. The zero-order chi connectivity index (χ0) is 20.4. The maximum Gasteiger partial charge on any atom is 0.267 e. The van der Waals surface area contributed by atoms with Crippen molar-refractivity contribution in [2.75, 3.05) is 27.3 Å². The lowest BCUT2D eigenvalue weighted by Crippen LogP contribution is -2.40. The lowest BCUT2D eigenvalue weighted by molar-refractivity contribution is 0.0679. The van der Waals surface area contributed by atoms with Crippen LogP contribution in [0.3, 0.4) is 0 Å². The third kappa shape index (κ3) is 4.13. The number of aromatic nitrogens is 2. The van der Waals surface area contributed by atoms with Gasteiger partial charge in [-0.2, -0.15) is 5.10 Å². The van der Waals surface area contributed by atoms with Crippen molar-refractivity contribution in [3.05, 3.63) is 51.4 Å². The minimum atomic E-state index is -0.0199. The van der Waals surface area contributed by atoms with Crippen LogP contribution in [0.1, 0.15) is 40.9 Å². The lowest BCUT2D eigenvalue weighted by Gasteiger charge is -2.32. The Labute approximate surface area is 170 Å². The van der Waals surface area contributed by atoms with Crippen LogP contribution in [0, 0.1) is 5.92 Å². The maximum atomic E-state index is 12.9. The van der Waals surface area contributed by atoms with Gasteiger partial charge in [-0.1, -0.05) is 0 Å². The fourth-order valence-electron chi connectivity index (χ4n) is 4.25. The number of fused-ring (bicyclic) bond motifs is 1. The minimum Gasteiger partial charge on any atom is -0.497 e. The van der Waals surface area contributed by atoms with Gasteiger partial charge >= 0.3 is 0 Å². The summed E-state index contributed by atoms with van der Waals surface area (Å²) in [5, 5.41) is 4.58. The number of piperidine rings is 1. The Morgan fingerprint density at radius 1 is 1.07 bits per heavy atom. The van der Waals surface area contributed by atoms with Crippen LogP contribution in [0.15, 0.2) is 29.1 Å². The number of ether oxygens (including phenoxy) is 2. The van der Waals surface area contributed by atoms with Gasteiger partial charge in [-0.15, -0.1) is 0 Å². The number of nitrogens with zero attached hydrogens (tertiary/aromatic N) is 3. The molecule has 0 bridgehead atoms. The van der Waals surface area contributed by atoms with Crippen LogP contribution in [0.5, 0.6) is 11.5 Å². The van der Waals surface area contributed by atoms with Gasteiger partial charge in [0.1, 0.15) is 11.5 Å². The van der Waals surface area contributed by atoms with Crippen molar-refractivity contribution in [1.82, 2.24) is 14.7 Å². The summed E-state index contributed by atoms with van der Waals surface area (Å²) in [7, 11) is 3.15. The van der Waals surface area contributed by atoms with Crippen molar-refractivity contribution in [2.45, 2.75) is 38.6 Å². The second-order valence-corrected chi connectivity index (χ2v) is 7.83. The maximum absolute atomic E-state index is 12.9. The van der Waals surface area contributed by atoms with E-state index >= 15 is 0 Å². The van der Waals surface area contributed by atoms with E-state index in [1.807, 2.05) is 4.90 Å². The van der Waals surface area contributed by atoms with Gasteiger partial charge in [-0.05, 0) is 55.7 Å². The molecule has 1 fully saturated rings. The molecule has 7 heteroatoms. The van der Waals surface area contributed by atoms with Gasteiger partial charge in [0.05, 0.1) is 19.9 Å². The van der Waals surface area contributed by atoms with Gasteiger partial charge in [-0.3, -0.25) is 9.59 Å². The predicted octanol–water partition coefficient (Wildman–Crippen LogP) is 2.30. The largest absolute Gasteiger partial charge is 0.497 e. The lowest BCUT2D eigenvalue weighted by atomic mass is 9.96. The highest BCUT2D eigenvalue weighted by molar-refractivity contribution is 5.95. The van der Waals surface area contributed by atoms with Gasteiger partial charge in [0.15, 0.2) is 0 Å². The quantitative estimate of drug-likeness (QED) is 0.774. The van der Waals surface area contributed by atoms with Gasteiger partial charge in [0, 0.05) is 37.3 Å². The first kappa shape index (κ1) is 19.5. The van der Waals surface area contributed by atoms with E-state index in [0.717, 1.165) is 43.4 Å². The van der Waals surface area contributed by atoms with Crippen molar-refractivity contribution in [3.8, 4) is 11.5 Å². The molecule has 7 nitrogen and oxygen atoms in total. The summed E-state index contributed by atoms with van der Waals surface area (Å²) in [6.07, 6.45) is 4.73. The molecule has 1 aromatic heterocycles. The van der Waals surface area contributed by atoms with Crippen LogP contribution in [0.2, 0.25) is 0 Å². The van der Waals surface area contributed by atoms with Gasteiger partial charge in [0.25, 0.3) is 11.5 Å². The van der Waals surface area contributed by atoms with Crippen LogP contribution >= 0.6 is 0 Å². The van der Waals surface area contributed by atoms with Gasteiger partial charge in [0.2, 0.25) is 0 Å². The first-order valence-electron chi connectivity index (χ1n) is 10.2. The average molecular weight is 397 g/mol. The van der Waals surface area contributed by atoms with Gasteiger partial charge < -0.3 is 14.4 Å². The molecule has 2 aromatic rings. The van der Waals surface area contributed by atoms with Crippen molar-refractivity contribution in [3.63, 3.8) is 0 Å². The fraction of sp³-hybridized carbons (Fsp3) is 0.500. The summed E-state index contributed by atoms with van der Waals surface area (Å²) in [4.78, 5) is 27.1. The molecule has 154 valence electrons. The number of rotatable bonds is 5. The molecule has 0 spiro atoms. The summed E-state index contributed by atoms with van der Waals surface area (Å²) in [5.41, 5.74) is 2.74. The third-order valence-corrected chi connectivity index (χ3v) is 5.96. The Kier molecular flexibility index (Phi) is 5.56. The van der Waals surface area contributed by atoms with E-state index in [1.54, 1.807) is 43.2 Å². The number of methoxy groups -OCH3 is 2. The van der Waals surface area contributed by atoms with Crippen LogP contribution in [0.25, 0.3) is 0 Å². The van der Waals surface area contributed by atoms with Crippen molar-refractivity contribution < 1.29 is 14.3 Å². The number of amides is 1. The standard InChI is InChI=1S/C22H27N3O4/c1-28-18-10-17(11-19(13-18)29-2)22(27)24-8-6-15(7-9-24)14-25-21(26)12-16-4-3-5-20(16)23-25/h10-13,15H,3-9,14H2,1-2H3. The molecule has 0 unspecified atom stereocenters. The number of carbonyl (C=O) groups excluding carboxylic acids is 1. The molecule has 4 rings (SSSR count). The Balaban J connectivity index is 1.40. The van der Waals surface area contributed by atoms with Crippen LogP contribution in [-0.4, -0.2) is 47.9 Å². The van der Waals surface area contributed by atoms with Crippen LogP contribution in [0.4, 0.5) is 0 Å². The zero-order valence-electron chi connectivity index (χ0n) is 17.0. The molecule has 0 saturated carbocycles. The highest BCUT2D eigenvalue weighted by Gasteiger charge is 2.25. The molecule has 2 heterocycles. The normalized spacial score (nSPS) is 16.6. The second kappa shape index (κ2) is 8.27. The summed E-state index contributed by atoms with van der Waals surface area (Å²) in [6.45, 7) is 1.96. The molecule has 1 saturated heterocycles. The molecule has 1 aromatic carbocycles. The summed E-state index contributed by atoms with van der Waals surface area (Å²) in [5.74, 6) is 1.53. The monoisotopic (exact) mass is 397 g/mol. The number of hydrogen-bond acceptors (Lipinski definition) is 5. The van der Waals surface area contributed by atoms with Crippen molar-refractivity contribution in [2.24, 2.45) is 5.92 Å². The van der Waals surface area contributed by atoms with E-state index in [1.165, 1.54) is 0 Å². The Bertz CT molecular complexity index is 939. The molecule has 1 aliphatic carbocycles. The van der Waals surface area contributed by atoms with E-state index in [-0.39, 0.29) is 11.5 Å². The SMILES string of the molecule is COc1cc(OC)cc(C(=O)N2CCC(Cn3nc4c(cc3=O)CCC4)CC2)c1. The average Bonchev–Trinajstić information content (AvgIpc) is 3.20. The minimum absolute atomic E-state index is 0.00682. The summed E-state index contributed by atoms with van der Waals surface area (Å²) < 4.78 is 12.2. The Morgan fingerprint density at radius 2 is 1.76 bits per heavy atom. The van der Waals surface area contributed by atoms with Crippen LogP contribution < -0.4 is 15.0 Å². The van der Waals surface area contributed by atoms with E-state index in [9.17, 15) is 9.59 Å². The predicted molar refractivity (Wildman–Crippen MR) is 109 cm³/mol. The number of benzene rings is 1. The first-order valence-corrected chi connectivity index (χ1v) is 10.2. The molecule has 0 radical (unpaired) electrons. The summed E-state index contributed by atoms with van der Waals surface area (Å²) in [6, 6.07) is 6.99. The Hall–Kier alpha value is -2.83. The Morgan fingerprint density at radius 3 is 2.41 bits per heavy atom. The second-order valence-electron chi connectivity index (χ2n) is 7.83. The first-order chi connectivity index (χ1) is 14.1. The molecule has 2 aliphatic rings. The molecular formula is C22H27N3O4. The van der Waals surface area contributed by atoms with Crippen LogP contribution in [-0.2, 0) is 19.4 Å². The number of carbonyl (C=O) groups is 1. The molecular weight excluding hydrogens is 370 g/mol. The highest BCUT2D eigenvalue weighted by Crippen LogP contribution is 2.26. The summed E-state index contributed by atoms with van der Waals surface area (Å²) >= 11 is 0. The van der Waals surface area contributed by atoms with E-state index in [2.05, 4.69) is 5.10 Å². The van der Waals surface area contributed by atoms with E-state index in [0.29, 0.717) is 42.6 Å². The van der Waals surface area contributed by atoms with Crippen molar-refractivity contribution in [1.29, 1.82) is 0 Å².